The molecule has 0 aromatic rings. The van der Waals surface area contributed by atoms with Gasteiger partial charge in [-0.3, -0.25) is 0 Å². The van der Waals surface area contributed by atoms with Crippen molar-refractivity contribution >= 4 is 17.8 Å². The number of rotatable bonds is 3. The maximum atomic E-state index is 5.36. The predicted molar refractivity (Wildman–Crippen MR) is 51.4 cm³/mol. The highest BCUT2D eigenvalue weighted by molar-refractivity contribution is 6.86. The SMILES string of the molecule is C#C[Si]OC(C)[Si](C)(C)C#C. The van der Waals surface area contributed by atoms with Crippen molar-refractivity contribution in [2.45, 2.75) is 25.7 Å². The zero-order chi connectivity index (χ0) is 8.91. The second kappa shape index (κ2) is 4.40. The summed E-state index contributed by atoms with van der Waals surface area (Å²) in [5.74, 6) is 0. The number of hydrogen-bond donors (Lipinski definition) is 0. The summed E-state index contributed by atoms with van der Waals surface area (Å²) in [5.41, 5.74) is 5.41. The molecule has 1 atom stereocenters. The van der Waals surface area contributed by atoms with Gasteiger partial charge in [-0.25, -0.2) is 0 Å². The van der Waals surface area contributed by atoms with Crippen LogP contribution in [0.15, 0.2) is 0 Å². The molecule has 1 unspecified atom stereocenters. The second-order valence-electron chi connectivity index (χ2n) is 2.87. The molecule has 0 amide bonds. The Bertz CT molecular complexity index is 197. The quantitative estimate of drug-likeness (QED) is 0.465. The van der Waals surface area contributed by atoms with Crippen LogP contribution in [0, 0.1) is 23.9 Å². The van der Waals surface area contributed by atoms with Gasteiger partial charge in [0.1, 0.15) is 0 Å². The van der Waals surface area contributed by atoms with Crippen LogP contribution < -0.4 is 0 Å². The van der Waals surface area contributed by atoms with Crippen molar-refractivity contribution in [2.75, 3.05) is 0 Å². The molecule has 0 aliphatic heterocycles. The maximum absolute atomic E-state index is 5.36. The van der Waals surface area contributed by atoms with E-state index in [2.05, 4.69) is 24.2 Å². The summed E-state index contributed by atoms with van der Waals surface area (Å²) in [7, 11) is -1.46. The van der Waals surface area contributed by atoms with E-state index in [1.54, 1.807) is 0 Å². The summed E-state index contributed by atoms with van der Waals surface area (Å²) in [6, 6.07) is 0. The van der Waals surface area contributed by atoms with Gasteiger partial charge in [0.05, 0.1) is 0 Å². The third kappa shape index (κ3) is 3.43. The average molecular weight is 180 g/mol. The molecule has 0 rings (SSSR count). The van der Waals surface area contributed by atoms with Gasteiger partial charge in [-0.15, -0.1) is 23.9 Å². The van der Waals surface area contributed by atoms with Gasteiger partial charge >= 0.3 is 9.76 Å². The Morgan fingerprint density at radius 2 is 2.00 bits per heavy atom. The zero-order valence-corrected chi connectivity index (χ0v) is 9.14. The minimum Gasteiger partial charge on any atom is -0.404 e. The highest BCUT2D eigenvalue weighted by atomic mass is 28.3. The van der Waals surface area contributed by atoms with E-state index in [1.807, 2.05) is 6.92 Å². The molecular weight excluding hydrogens is 168 g/mol. The molecule has 0 aromatic heterocycles. The summed E-state index contributed by atoms with van der Waals surface area (Å²) < 4.78 is 5.36. The molecule has 2 radical (unpaired) electrons. The molecule has 0 saturated heterocycles. The molecule has 0 spiro atoms. The third-order valence-electron chi connectivity index (χ3n) is 1.68. The summed E-state index contributed by atoms with van der Waals surface area (Å²) in [6.07, 6.45) is 10.4. The Balaban J connectivity index is 3.96. The maximum Gasteiger partial charge on any atom is 0.332 e. The van der Waals surface area contributed by atoms with Crippen LogP contribution in [0.1, 0.15) is 6.92 Å². The van der Waals surface area contributed by atoms with Crippen LogP contribution in [0.2, 0.25) is 13.1 Å². The van der Waals surface area contributed by atoms with Gasteiger partial charge in [0.25, 0.3) is 0 Å². The van der Waals surface area contributed by atoms with E-state index in [0.717, 1.165) is 0 Å². The summed E-state index contributed by atoms with van der Waals surface area (Å²) in [4.78, 5) is 0. The topological polar surface area (TPSA) is 9.23 Å². The molecular formula is C8H12OSi2. The first-order valence-electron chi connectivity index (χ1n) is 3.38. The minimum absolute atomic E-state index is 0.139. The first-order chi connectivity index (χ1) is 5.04. The average Bonchev–Trinajstić information content (AvgIpc) is 2.00. The summed E-state index contributed by atoms with van der Waals surface area (Å²) in [5, 5.41) is 0. The molecule has 1 nitrogen and oxygen atoms in total. The summed E-state index contributed by atoms with van der Waals surface area (Å²) >= 11 is 0. The first-order valence-corrected chi connectivity index (χ1v) is 7.37. The van der Waals surface area contributed by atoms with Crippen LogP contribution in [0.25, 0.3) is 0 Å². The molecule has 0 N–H and O–H groups in total. The van der Waals surface area contributed by atoms with Crippen LogP contribution in [-0.2, 0) is 4.43 Å². The van der Waals surface area contributed by atoms with Crippen molar-refractivity contribution in [1.82, 2.24) is 0 Å². The lowest BCUT2D eigenvalue weighted by Crippen LogP contribution is -2.40. The molecule has 0 fully saturated rings. The molecule has 0 bridgehead atoms. The summed E-state index contributed by atoms with van der Waals surface area (Å²) in [6.45, 7) is 6.19. The van der Waals surface area contributed by atoms with Crippen molar-refractivity contribution in [3.05, 3.63) is 0 Å². The van der Waals surface area contributed by atoms with Gasteiger partial charge in [-0.1, -0.05) is 13.1 Å². The normalized spacial score (nSPS) is 13.2. The Kier molecular flexibility index (Phi) is 4.21. The van der Waals surface area contributed by atoms with Gasteiger partial charge in [0.2, 0.25) is 0 Å². The number of hydrogen-bond acceptors (Lipinski definition) is 1. The van der Waals surface area contributed by atoms with Crippen molar-refractivity contribution in [3.8, 4) is 23.9 Å². The van der Waals surface area contributed by atoms with Gasteiger partial charge in [-0.05, 0) is 6.92 Å². The lowest BCUT2D eigenvalue weighted by Gasteiger charge is -2.22. The molecule has 58 valence electrons. The molecule has 3 heteroatoms. The fourth-order valence-corrected chi connectivity index (χ4v) is 2.22. The monoisotopic (exact) mass is 180 g/mol. The lowest BCUT2D eigenvalue weighted by molar-refractivity contribution is 0.313. The largest absolute Gasteiger partial charge is 0.404 e. The molecule has 0 heterocycles. The second-order valence-corrected chi connectivity index (χ2v) is 8.15. The lowest BCUT2D eigenvalue weighted by atomic mass is 10.9. The smallest absolute Gasteiger partial charge is 0.332 e. The van der Waals surface area contributed by atoms with E-state index in [0.29, 0.717) is 0 Å². The fraction of sp³-hybridized carbons (Fsp3) is 0.500. The van der Waals surface area contributed by atoms with Crippen LogP contribution >= 0.6 is 0 Å². The zero-order valence-electron chi connectivity index (χ0n) is 7.14. The van der Waals surface area contributed by atoms with Crippen LogP contribution in [0.3, 0.4) is 0 Å². The van der Waals surface area contributed by atoms with Gasteiger partial charge in [0.15, 0.2) is 8.07 Å². The minimum atomic E-state index is -1.60. The van der Waals surface area contributed by atoms with Crippen molar-refractivity contribution in [1.29, 1.82) is 0 Å². The van der Waals surface area contributed by atoms with Gasteiger partial charge in [-0.2, -0.15) is 0 Å². The highest BCUT2D eigenvalue weighted by Crippen LogP contribution is 2.08. The third-order valence-corrected chi connectivity index (χ3v) is 5.40. The van der Waals surface area contributed by atoms with E-state index < -0.39 is 8.07 Å². The molecule has 0 saturated carbocycles. The molecule has 0 aromatic carbocycles. The van der Waals surface area contributed by atoms with E-state index in [4.69, 9.17) is 17.3 Å². The molecule has 0 aliphatic rings. The van der Waals surface area contributed by atoms with Gasteiger partial charge < -0.3 is 4.43 Å². The first kappa shape index (κ1) is 10.5. The van der Waals surface area contributed by atoms with E-state index >= 15 is 0 Å². The highest BCUT2D eigenvalue weighted by Gasteiger charge is 2.26. The Morgan fingerprint density at radius 3 is 2.36 bits per heavy atom. The Labute approximate surface area is 72.5 Å². The van der Waals surface area contributed by atoms with E-state index in [9.17, 15) is 0 Å². The Hall–Kier alpha value is -0.486. The molecule has 0 aliphatic carbocycles. The predicted octanol–water partition coefficient (Wildman–Crippen LogP) is 1.02. The molecule has 11 heavy (non-hydrogen) atoms. The van der Waals surface area contributed by atoms with E-state index in [-0.39, 0.29) is 15.5 Å². The standard InChI is InChI=1S/C8H12OSi2/c1-6-10-9-8(3)11(4,5)7-2/h1-2,8H,3-5H3. The fourth-order valence-electron chi connectivity index (χ4n) is 0.387. The van der Waals surface area contributed by atoms with Crippen LogP contribution in [0.5, 0.6) is 0 Å². The van der Waals surface area contributed by atoms with Gasteiger partial charge in [0, 0.05) is 5.73 Å². The number of terminal acetylenes is 2. The van der Waals surface area contributed by atoms with Crippen molar-refractivity contribution in [2.24, 2.45) is 0 Å². The van der Waals surface area contributed by atoms with Crippen LogP contribution in [-0.4, -0.2) is 23.6 Å². The van der Waals surface area contributed by atoms with Crippen LogP contribution in [0.4, 0.5) is 0 Å². The van der Waals surface area contributed by atoms with Crippen molar-refractivity contribution in [3.63, 3.8) is 0 Å². The Morgan fingerprint density at radius 1 is 1.45 bits per heavy atom. The van der Waals surface area contributed by atoms with E-state index in [1.165, 1.54) is 0 Å². The van der Waals surface area contributed by atoms with Crippen molar-refractivity contribution < 1.29 is 4.43 Å².